The second-order valence-corrected chi connectivity index (χ2v) is 5.27. The van der Waals surface area contributed by atoms with Crippen molar-refractivity contribution >= 4 is 17.3 Å². The van der Waals surface area contributed by atoms with Gasteiger partial charge in [-0.05, 0) is 30.7 Å². The minimum atomic E-state index is -0.290. The highest BCUT2D eigenvalue weighted by Gasteiger charge is 2.01. The van der Waals surface area contributed by atoms with Crippen molar-refractivity contribution < 1.29 is 4.39 Å². The SMILES string of the molecule is Cc1cccc(CNc2cc(Nc3cccc(F)c3)ncn2)c1. The summed E-state index contributed by atoms with van der Waals surface area (Å²) in [7, 11) is 0. The maximum absolute atomic E-state index is 13.2. The molecule has 2 aromatic carbocycles. The first-order valence-corrected chi connectivity index (χ1v) is 7.33. The van der Waals surface area contributed by atoms with Gasteiger partial charge in [-0.1, -0.05) is 35.9 Å². The van der Waals surface area contributed by atoms with Gasteiger partial charge >= 0.3 is 0 Å². The van der Waals surface area contributed by atoms with Crippen molar-refractivity contribution in [3.05, 3.63) is 77.9 Å². The van der Waals surface area contributed by atoms with Crippen molar-refractivity contribution in [2.24, 2.45) is 0 Å². The summed E-state index contributed by atoms with van der Waals surface area (Å²) in [6.07, 6.45) is 1.47. The molecule has 0 saturated heterocycles. The summed E-state index contributed by atoms with van der Waals surface area (Å²) in [4.78, 5) is 8.35. The van der Waals surface area contributed by atoms with Crippen molar-refractivity contribution in [2.45, 2.75) is 13.5 Å². The van der Waals surface area contributed by atoms with Crippen LogP contribution >= 0.6 is 0 Å². The fourth-order valence-corrected chi connectivity index (χ4v) is 2.25. The number of halogens is 1. The Hall–Kier alpha value is -2.95. The second-order valence-electron chi connectivity index (χ2n) is 5.27. The minimum Gasteiger partial charge on any atom is -0.366 e. The molecule has 3 rings (SSSR count). The zero-order valence-corrected chi connectivity index (χ0v) is 12.8. The first-order valence-electron chi connectivity index (χ1n) is 7.33. The van der Waals surface area contributed by atoms with E-state index >= 15 is 0 Å². The Morgan fingerprint density at radius 3 is 2.61 bits per heavy atom. The second kappa shape index (κ2) is 6.87. The molecule has 0 radical (unpaired) electrons. The molecule has 3 aromatic rings. The van der Waals surface area contributed by atoms with Gasteiger partial charge in [-0.2, -0.15) is 0 Å². The molecule has 0 atom stereocenters. The van der Waals surface area contributed by atoms with E-state index in [0.717, 1.165) is 0 Å². The summed E-state index contributed by atoms with van der Waals surface area (Å²) in [5.74, 6) is 1.03. The van der Waals surface area contributed by atoms with Gasteiger partial charge in [0.1, 0.15) is 23.8 Å². The van der Waals surface area contributed by atoms with E-state index in [1.807, 2.05) is 6.07 Å². The number of hydrogen-bond acceptors (Lipinski definition) is 4. The van der Waals surface area contributed by atoms with Crippen molar-refractivity contribution in [2.75, 3.05) is 10.6 Å². The van der Waals surface area contributed by atoms with Gasteiger partial charge in [-0.3, -0.25) is 0 Å². The lowest BCUT2D eigenvalue weighted by molar-refractivity contribution is 0.628. The fourth-order valence-electron chi connectivity index (χ4n) is 2.25. The number of nitrogens with one attached hydrogen (secondary N) is 2. The zero-order valence-electron chi connectivity index (χ0n) is 12.8. The predicted octanol–water partition coefficient (Wildman–Crippen LogP) is 4.28. The maximum Gasteiger partial charge on any atom is 0.135 e. The summed E-state index contributed by atoms with van der Waals surface area (Å²) in [6, 6.07) is 16.3. The highest BCUT2D eigenvalue weighted by Crippen LogP contribution is 2.17. The van der Waals surface area contributed by atoms with Gasteiger partial charge in [-0.25, -0.2) is 14.4 Å². The summed E-state index contributed by atoms with van der Waals surface area (Å²) in [5.41, 5.74) is 3.05. The largest absolute Gasteiger partial charge is 0.366 e. The van der Waals surface area contributed by atoms with E-state index in [4.69, 9.17) is 0 Å². The third kappa shape index (κ3) is 4.26. The molecule has 0 spiro atoms. The van der Waals surface area contributed by atoms with Crippen LogP contribution in [0, 0.1) is 12.7 Å². The lowest BCUT2D eigenvalue weighted by atomic mass is 10.1. The Kier molecular flexibility index (Phi) is 4.47. The zero-order chi connectivity index (χ0) is 16.1. The Bertz CT molecular complexity index is 804. The van der Waals surface area contributed by atoms with Crippen molar-refractivity contribution in [1.82, 2.24) is 9.97 Å². The molecule has 0 saturated carbocycles. The molecule has 0 bridgehead atoms. The smallest absolute Gasteiger partial charge is 0.135 e. The van der Waals surface area contributed by atoms with Crippen LogP contribution in [0.15, 0.2) is 60.9 Å². The van der Waals surface area contributed by atoms with Gasteiger partial charge < -0.3 is 10.6 Å². The average molecular weight is 308 g/mol. The molecule has 0 unspecified atom stereocenters. The molecular weight excluding hydrogens is 291 g/mol. The number of aryl methyl sites for hydroxylation is 1. The van der Waals surface area contributed by atoms with Gasteiger partial charge in [0.2, 0.25) is 0 Å². The van der Waals surface area contributed by atoms with Gasteiger partial charge in [0.25, 0.3) is 0 Å². The van der Waals surface area contributed by atoms with E-state index in [9.17, 15) is 4.39 Å². The first-order chi connectivity index (χ1) is 11.2. The molecule has 116 valence electrons. The molecule has 0 fully saturated rings. The normalized spacial score (nSPS) is 10.3. The lowest BCUT2D eigenvalue weighted by Crippen LogP contribution is -2.03. The summed E-state index contributed by atoms with van der Waals surface area (Å²) in [5, 5.41) is 6.32. The topological polar surface area (TPSA) is 49.8 Å². The number of aromatic nitrogens is 2. The van der Waals surface area contributed by atoms with Crippen LogP contribution in [0.2, 0.25) is 0 Å². The quantitative estimate of drug-likeness (QED) is 0.738. The monoisotopic (exact) mass is 308 g/mol. The van der Waals surface area contributed by atoms with E-state index in [1.165, 1.54) is 29.6 Å². The molecule has 1 heterocycles. The summed E-state index contributed by atoms with van der Waals surface area (Å²) < 4.78 is 13.2. The van der Waals surface area contributed by atoms with Crippen LogP contribution in [0.3, 0.4) is 0 Å². The predicted molar refractivity (Wildman–Crippen MR) is 90.2 cm³/mol. The number of nitrogens with zero attached hydrogens (tertiary/aromatic N) is 2. The van der Waals surface area contributed by atoms with Crippen LogP contribution in [0.1, 0.15) is 11.1 Å². The van der Waals surface area contributed by atoms with E-state index in [1.54, 1.807) is 18.2 Å². The van der Waals surface area contributed by atoms with Crippen LogP contribution in [0.4, 0.5) is 21.7 Å². The molecule has 0 aliphatic rings. The van der Waals surface area contributed by atoms with Crippen molar-refractivity contribution in [3.63, 3.8) is 0 Å². The van der Waals surface area contributed by atoms with E-state index < -0.39 is 0 Å². The van der Waals surface area contributed by atoms with E-state index in [-0.39, 0.29) is 5.82 Å². The number of benzene rings is 2. The van der Waals surface area contributed by atoms with Crippen LogP contribution in [0.5, 0.6) is 0 Å². The van der Waals surface area contributed by atoms with Crippen molar-refractivity contribution in [3.8, 4) is 0 Å². The van der Waals surface area contributed by atoms with Gasteiger partial charge in [0.15, 0.2) is 0 Å². The molecule has 2 N–H and O–H groups in total. The third-order valence-electron chi connectivity index (χ3n) is 3.32. The van der Waals surface area contributed by atoms with E-state index in [2.05, 4.69) is 45.7 Å². The van der Waals surface area contributed by atoms with Crippen molar-refractivity contribution in [1.29, 1.82) is 0 Å². The van der Waals surface area contributed by atoms with Crippen LogP contribution < -0.4 is 10.6 Å². The average Bonchev–Trinajstić information content (AvgIpc) is 2.53. The van der Waals surface area contributed by atoms with Crippen LogP contribution in [-0.4, -0.2) is 9.97 Å². The third-order valence-corrected chi connectivity index (χ3v) is 3.32. The van der Waals surface area contributed by atoms with E-state index in [0.29, 0.717) is 23.9 Å². The Labute approximate surface area is 134 Å². The molecule has 0 aliphatic heterocycles. The number of rotatable bonds is 5. The van der Waals surface area contributed by atoms with Crippen LogP contribution in [-0.2, 0) is 6.54 Å². The molecule has 0 amide bonds. The van der Waals surface area contributed by atoms with Gasteiger partial charge in [0.05, 0.1) is 0 Å². The standard InChI is InChI=1S/C18H17FN4/c1-13-4-2-5-14(8-13)11-20-17-10-18(22-12-21-17)23-16-7-3-6-15(19)9-16/h2-10,12H,11H2,1H3,(H2,20,21,22,23). The highest BCUT2D eigenvalue weighted by molar-refractivity contribution is 5.58. The molecule has 0 aliphatic carbocycles. The Balaban J connectivity index is 1.67. The molecular formula is C18H17FN4. The summed E-state index contributed by atoms with van der Waals surface area (Å²) >= 11 is 0. The highest BCUT2D eigenvalue weighted by atomic mass is 19.1. The molecule has 4 nitrogen and oxygen atoms in total. The Morgan fingerprint density at radius 2 is 1.78 bits per heavy atom. The molecule has 1 aromatic heterocycles. The Morgan fingerprint density at radius 1 is 0.957 bits per heavy atom. The van der Waals surface area contributed by atoms with Gasteiger partial charge in [0, 0.05) is 18.3 Å². The molecule has 23 heavy (non-hydrogen) atoms. The summed E-state index contributed by atoms with van der Waals surface area (Å²) in [6.45, 7) is 2.74. The number of anilines is 3. The number of hydrogen-bond donors (Lipinski definition) is 2. The fraction of sp³-hybridized carbons (Fsp3) is 0.111. The van der Waals surface area contributed by atoms with Crippen LogP contribution in [0.25, 0.3) is 0 Å². The minimum absolute atomic E-state index is 0.290. The first kappa shape index (κ1) is 15.0. The molecule has 5 heteroatoms. The maximum atomic E-state index is 13.2. The lowest BCUT2D eigenvalue weighted by Gasteiger charge is -2.09. The van der Waals surface area contributed by atoms with Gasteiger partial charge in [-0.15, -0.1) is 0 Å².